The minimum absolute atomic E-state index is 0.138. The molecule has 5 nitrogen and oxygen atoms in total. The van der Waals surface area contributed by atoms with Gasteiger partial charge in [-0.3, -0.25) is 9.48 Å². The van der Waals surface area contributed by atoms with E-state index in [9.17, 15) is 18.0 Å². The molecule has 0 unspecified atom stereocenters. The number of rotatable bonds is 5. The van der Waals surface area contributed by atoms with Gasteiger partial charge in [-0.2, -0.15) is 18.3 Å². The Labute approximate surface area is 115 Å². The predicted octanol–water partition coefficient (Wildman–Crippen LogP) is 2.17. The minimum atomic E-state index is -4.67. The molecule has 0 spiro atoms. The second kappa shape index (κ2) is 6.25. The molecule has 114 valence electrons. The van der Waals surface area contributed by atoms with Crippen molar-refractivity contribution in [1.82, 2.24) is 15.1 Å². The number of ether oxygens (including phenoxy) is 1. The van der Waals surface area contributed by atoms with Gasteiger partial charge < -0.3 is 10.1 Å². The zero-order valence-electron chi connectivity index (χ0n) is 11.8. The van der Waals surface area contributed by atoms with Crippen LogP contribution in [0.3, 0.4) is 0 Å². The average Bonchev–Trinajstić information content (AvgIpc) is 2.67. The summed E-state index contributed by atoms with van der Waals surface area (Å²) in [6.07, 6.45) is -4.67. The lowest BCUT2D eigenvalue weighted by Gasteiger charge is -2.09. The lowest BCUT2D eigenvalue weighted by Crippen LogP contribution is -2.29. The molecule has 0 atom stereocenters. The molecule has 0 aliphatic rings. The highest BCUT2D eigenvalue weighted by atomic mass is 19.4. The Morgan fingerprint density at radius 1 is 1.45 bits per heavy atom. The molecule has 1 aromatic heterocycles. The van der Waals surface area contributed by atoms with Crippen molar-refractivity contribution in [2.75, 3.05) is 20.3 Å². The fourth-order valence-electron chi connectivity index (χ4n) is 1.85. The molecule has 1 heterocycles. The normalized spacial score (nSPS) is 12.0. The second-order valence-corrected chi connectivity index (χ2v) is 4.59. The maximum Gasteiger partial charge on any atom is 0.435 e. The summed E-state index contributed by atoms with van der Waals surface area (Å²) in [5.74, 6) is -0.793. The summed E-state index contributed by atoms with van der Waals surface area (Å²) in [6.45, 7) is 5.22. The van der Waals surface area contributed by atoms with E-state index in [-0.39, 0.29) is 24.9 Å². The Morgan fingerprint density at radius 2 is 2.05 bits per heavy atom. The van der Waals surface area contributed by atoms with Gasteiger partial charge in [0.05, 0.1) is 12.2 Å². The highest BCUT2D eigenvalue weighted by molar-refractivity contribution is 5.96. The third-order valence-electron chi connectivity index (χ3n) is 2.73. The van der Waals surface area contributed by atoms with E-state index in [1.165, 1.54) is 18.7 Å². The molecule has 0 saturated carbocycles. The number of hydrogen-bond donors (Lipinski definition) is 1. The predicted molar refractivity (Wildman–Crippen MR) is 66.6 cm³/mol. The van der Waals surface area contributed by atoms with Crippen LogP contribution in [0.2, 0.25) is 0 Å². The van der Waals surface area contributed by atoms with Gasteiger partial charge in [0.25, 0.3) is 5.91 Å². The molecule has 0 radical (unpaired) electrons. The lowest BCUT2D eigenvalue weighted by molar-refractivity contribution is -0.141. The molecule has 1 N–H and O–H groups in total. The van der Waals surface area contributed by atoms with E-state index in [2.05, 4.69) is 10.4 Å². The molecule has 0 aliphatic carbocycles. The maximum atomic E-state index is 13.0. The van der Waals surface area contributed by atoms with Crippen molar-refractivity contribution in [2.24, 2.45) is 0 Å². The molecule has 1 aromatic rings. The van der Waals surface area contributed by atoms with Gasteiger partial charge in [-0.1, -0.05) is 0 Å². The van der Waals surface area contributed by atoms with Crippen molar-refractivity contribution in [2.45, 2.75) is 33.0 Å². The van der Waals surface area contributed by atoms with E-state index in [1.54, 1.807) is 13.8 Å². The van der Waals surface area contributed by atoms with Gasteiger partial charge in [-0.05, 0) is 20.8 Å². The summed E-state index contributed by atoms with van der Waals surface area (Å²) in [5.41, 5.74) is -1.39. The third-order valence-corrected chi connectivity index (χ3v) is 2.73. The Morgan fingerprint density at radius 3 is 2.50 bits per heavy atom. The van der Waals surface area contributed by atoms with Gasteiger partial charge in [0.1, 0.15) is 0 Å². The van der Waals surface area contributed by atoms with Crippen LogP contribution in [0.15, 0.2) is 0 Å². The minimum Gasteiger partial charge on any atom is -0.383 e. The smallest absolute Gasteiger partial charge is 0.383 e. The number of carbonyl (C=O) groups excluding carboxylic acids is 1. The van der Waals surface area contributed by atoms with Crippen LogP contribution in [-0.4, -0.2) is 35.9 Å². The molecule has 0 aromatic carbocycles. The lowest BCUT2D eigenvalue weighted by atomic mass is 10.1. The van der Waals surface area contributed by atoms with E-state index in [4.69, 9.17) is 4.74 Å². The number of carbonyl (C=O) groups is 1. The van der Waals surface area contributed by atoms with Crippen molar-refractivity contribution < 1.29 is 22.7 Å². The van der Waals surface area contributed by atoms with Crippen molar-refractivity contribution in [3.8, 4) is 0 Å². The largest absolute Gasteiger partial charge is 0.435 e. The molecule has 0 bridgehead atoms. The fraction of sp³-hybridized carbons (Fsp3) is 0.667. The van der Waals surface area contributed by atoms with E-state index in [1.807, 2.05) is 0 Å². The van der Waals surface area contributed by atoms with Crippen LogP contribution >= 0.6 is 0 Å². The molecule has 8 heteroatoms. The Bertz CT molecular complexity index is 481. The topological polar surface area (TPSA) is 56.1 Å². The number of amides is 1. The van der Waals surface area contributed by atoms with Crippen LogP contribution in [-0.2, 0) is 10.9 Å². The number of methoxy groups -OCH3 is 1. The summed E-state index contributed by atoms with van der Waals surface area (Å²) >= 11 is 0. The third kappa shape index (κ3) is 3.50. The molecule has 0 fully saturated rings. The molecule has 20 heavy (non-hydrogen) atoms. The molecular formula is C12H18F3N3O2. The summed E-state index contributed by atoms with van der Waals surface area (Å²) in [5, 5.41) is 5.92. The monoisotopic (exact) mass is 293 g/mol. The van der Waals surface area contributed by atoms with E-state index < -0.39 is 23.3 Å². The van der Waals surface area contributed by atoms with Crippen LogP contribution in [0.4, 0.5) is 13.2 Å². The summed E-state index contributed by atoms with van der Waals surface area (Å²) in [6, 6.07) is -0.267. The zero-order chi connectivity index (χ0) is 15.5. The molecule has 1 amide bonds. The van der Waals surface area contributed by atoms with Crippen molar-refractivity contribution in [1.29, 1.82) is 0 Å². The van der Waals surface area contributed by atoms with E-state index >= 15 is 0 Å². The number of nitrogens with zero attached hydrogens (tertiary/aromatic N) is 2. The first kappa shape index (κ1) is 16.5. The van der Waals surface area contributed by atoms with E-state index in [0.29, 0.717) is 0 Å². The van der Waals surface area contributed by atoms with Gasteiger partial charge in [0.15, 0.2) is 5.69 Å². The van der Waals surface area contributed by atoms with Crippen LogP contribution in [0.25, 0.3) is 0 Å². The quantitative estimate of drug-likeness (QED) is 0.846. The van der Waals surface area contributed by atoms with Gasteiger partial charge in [0.2, 0.25) is 0 Å². The number of alkyl halides is 3. The number of aromatic nitrogens is 2. The van der Waals surface area contributed by atoms with Gasteiger partial charge >= 0.3 is 6.18 Å². The first-order chi connectivity index (χ1) is 9.20. The summed E-state index contributed by atoms with van der Waals surface area (Å²) < 4.78 is 44.9. The molecular weight excluding hydrogens is 275 g/mol. The van der Waals surface area contributed by atoms with Crippen molar-refractivity contribution in [3.05, 3.63) is 17.0 Å². The second-order valence-electron chi connectivity index (χ2n) is 4.59. The van der Waals surface area contributed by atoms with Crippen molar-refractivity contribution in [3.63, 3.8) is 0 Å². The zero-order valence-corrected chi connectivity index (χ0v) is 11.8. The van der Waals surface area contributed by atoms with Gasteiger partial charge in [-0.25, -0.2) is 0 Å². The Hall–Kier alpha value is -1.57. The van der Waals surface area contributed by atoms with Crippen LogP contribution in [0.1, 0.15) is 41.6 Å². The maximum absolute atomic E-state index is 13.0. The van der Waals surface area contributed by atoms with Gasteiger partial charge in [-0.15, -0.1) is 0 Å². The average molecular weight is 293 g/mol. The van der Waals surface area contributed by atoms with Crippen molar-refractivity contribution >= 4 is 5.91 Å². The fourth-order valence-corrected chi connectivity index (χ4v) is 1.85. The molecule has 0 saturated heterocycles. The summed E-state index contributed by atoms with van der Waals surface area (Å²) in [4.78, 5) is 11.9. The van der Waals surface area contributed by atoms with E-state index in [0.717, 1.165) is 0 Å². The number of nitrogens with one attached hydrogen (secondary N) is 1. The van der Waals surface area contributed by atoms with Gasteiger partial charge in [0, 0.05) is 25.4 Å². The molecule has 0 aliphatic heterocycles. The number of hydrogen-bond acceptors (Lipinski definition) is 3. The first-order valence-corrected chi connectivity index (χ1v) is 6.13. The first-order valence-electron chi connectivity index (χ1n) is 6.13. The standard InChI is InChI=1S/C12H18F3N3O2/c1-7(2)18-8(3)9(10(17-18)12(13,14)15)11(19)16-5-6-20-4/h7H,5-6H2,1-4H3,(H,16,19). The summed E-state index contributed by atoms with van der Waals surface area (Å²) in [7, 11) is 1.44. The highest BCUT2D eigenvalue weighted by Gasteiger charge is 2.40. The number of halogens is 3. The molecule has 1 rings (SSSR count). The Kier molecular flexibility index (Phi) is 5.15. The van der Waals surface area contributed by atoms with Crippen LogP contribution < -0.4 is 5.32 Å². The highest BCUT2D eigenvalue weighted by Crippen LogP contribution is 2.33. The Balaban J connectivity index is 3.18. The van der Waals surface area contributed by atoms with Crippen LogP contribution in [0.5, 0.6) is 0 Å². The SMILES string of the molecule is COCCNC(=O)c1c(C(F)(F)F)nn(C(C)C)c1C. The van der Waals surface area contributed by atoms with Crippen LogP contribution in [0, 0.1) is 6.92 Å².